The molecule has 18 nitrogen and oxygen atoms in total. The van der Waals surface area contributed by atoms with Crippen LogP contribution in [0.5, 0.6) is 0 Å². The molecule has 0 aromatic heterocycles. The van der Waals surface area contributed by atoms with Crippen LogP contribution in [0, 0.1) is 0 Å². The molecule has 3 saturated heterocycles. The van der Waals surface area contributed by atoms with Crippen molar-refractivity contribution in [3.05, 3.63) is 0 Å². The Labute approximate surface area is 228 Å². The summed E-state index contributed by atoms with van der Waals surface area (Å²) >= 11 is 0. The summed E-state index contributed by atoms with van der Waals surface area (Å²) in [7, 11) is 0. The maximum Gasteiger partial charge on any atom is 0.217 e. The van der Waals surface area contributed by atoms with Crippen molar-refractivity contribution in [2.75, 3.05) is 19.8 Å². The second kappa shape index (κ2) is 14.0. The summed E-state index contributed by atoms with van der Waals surface area (Å²) in [6.07, 6.45) is -20.9. The number of carbonyl (C=O) groups excluding carboxylic acids is 2. The van der Waals surface area contributed by atoms with Crippen LogP contribution in [0.25, 0.3) is 0 Å². The van der Waals surface area contributed by atoms with Crippen LogP contribution < -0.4 is 10.6 Å². The van der Waals surface area contributed by atoms with Gasteiger partial charge in [-0.3, -0.25) is 9.59 Å². The van der Waals surface area contributed by atoms with Crippen LogP contribution in [0.3, 0.4) is 0 Å². The van der Waals surface area contributed by atoms with Gasteiger partial charge in [-0.2, -0.15) is 0 Å². The van der Waals surface area contributed by atoms with E-state index in [-0.39, 0.29) is 0 Å². The molecule has 3 fully saturated rings. The predicted molar refractivity (Wildman–Crippen MR) is 124 cm³/mol. The molecule has 3 aliphatic rings. The van der Waals surface area contributed by atoms with Crippen molar-refractivity contribution in [1.29, 1.82) is 0 Å². The molecule has 3 aliphatic heterocycles. The van der Waals surface area contributed by atoms with Crippen LogP contribution in [0.4, 0.5) is 0 Å². The van der Waals surface area contributed by atoms with Crippen LogP contribution in [0.15, 0.2) is 0 Å². The van der Waals surface area contributed by atoms with Gasteiger partial charge in [-0.05, 0) is 0 Å². The monoisotopic (exact) mass is 586 g/mol. The number of aliphatic hydroxyl groups is 9. The van der Waals surface area contributed by atoms with Crippen LogP contribution in [0.2, 0.25) is 0 Å². The zero-order chi connectivity index (χ0) is 29.9. The Kier molecular flexibility index (Phi) is 11.5. The summed E-state index contributed by atoms with van der Waals surface area (Å²) in [5.41, 5.74) is 0. The number of hydrogen-bond donors (Lipinski definition) is 11. The lowest BCUT2D eigenvalue weighted by Gasteiger charge is -2.46. The van der Waals surface area contributed by atoms with Gasteiger partial charge in [-0.15, -0.1) is 0 Å². The third-order valence-electron chi connectivity index (χ3n) is 6.88. The summed E-state index contributed by atoms with van der Waals surface area (Å²) in [6.45, 7) is 0.227. The zero-order valence-electron chi connectivity index (χ0n) is 21.7. The quantitative estimate of drug-likeness (QED) is 0.120. The van der Waals surface area contributed by atoms with Gasteiger partial charge in [-0.1, -0.05) is 0 Å². The average molecular weight is 587 g/mol. The van der Waals surface area contributed by atoms with Crippen molar-refractivity contribution in [2.24, 2.45) is 0 Å². The van der Waals surface area contributed by atoms with Crippen molar-refractivity contribution in [1.82, 2.24) is 10.6 Å². The van der Waals surface area contributed by atoms with Gasteiger partial charge < -0.3 is 80.3 Å². The Morgan fingerprint density at radius 2 is 1.10 bits per heavy atom. The largest absolute Gasteiger partial charge is 0.394 e. The number of hydrogen-bond acceptors (Lipinski definition) is 16. The zero-order valence-corrected chi connectivity index (χ0v) is 21.7. The Morgan fingerprint density at radius 1 is 0.650 bits per heavy atom. The van der Waals surface area contributed by atoms with Crippen LogP contribution in [-0.2, 0) is 33.3 Å². The minimum atomic E-state index is -1.94. The summed E-state index contributed by atoms with van der Waals surface area (Å²) in [6, 6.07) is -2.69. The molecule has 0 unspecified atom stereocenters. The molecule has 3 rings (SSSR count). The summed E-state index contributed by atoms with van der Waals surface area (Å²) in [5, 5.41) is 96.5. The van der Waals surface area contributed by atoms with Crippen LogP contribution >= 0.6 is 0 Å². The Morgan fingerprint density at radius 3 is 1.57 bits per heavy atom. The molecule has 40 heavy (non-hydrogen) atoms. The number of carbonyl (C=O) groups is 2. The fraction of sp³-hybridized carbons (Fsp3) is 0.909. The minimum Gasteiger partial charge on any atom is -0.394 e. The highest BCUT2D eigenvalue weighted by Crippen LogP contribution is 2.30. The van der Waals surface area contributed by atoms with E-state index in [1.807, 2.05) is 0 Å². The number of amides is 2. The summed E-state index contributed by atoms with van der Waals surface area (Å²) in [5.74, 6) is -1.24. The van der Waals surface area contributed by atoms with Gasteiger partial charge in [0.2, 0.25) is 11.8 Å². The van der Waals surface area contributed by atoms with E-state index in [2.05, 4.69) is 10.6 Å². The molecular formula is C22H38N2O16. The normalized spacial score (nSPS) is 46.0. The maximum absolute atomic E-state index is 11.6. The maximum atomic E-state index is 11.6. The molecule has 15 atom stereocenters. The number of ether oxygens (including phenoxy) is 5. The third-order valence-corrected chi connectivity index (χ3v) is 6.88. The van der Waals surface area contributed by atoms with Gasteiger partial charge in [0.05, 0.1) is 19.8 Å². The number of nitrogens with one attached hydrogen (secondary N) is 2. The third kappa shape index (κ3) is 7.23. The molecule has 0 radical (unpaired) electrons. The van der Waals surface area contributed by atoms with Gasteiger partial charge in [0.15, 0.2) is 18.9 Å². The van der Waals surface area contributed by atoms with E-state index in [0.717, 1.165) is 13.8 Å². The molecule has 0 spiro atoms. The molecule has 0 aromatic rings. The Balaban J connectivity index is 1.68. The van der Waals surface area contributed by atoms with Gasteiger partial charge in [0.25, 0.3) is 0 Å². The van der Waals surface area contributed by atoms with Crippen molar-refractivity contribution < 1.29 is 79.2 Å². The first kappa shape index (κ1) is 32.9. The second-order valence-corrected chi connectivity index (χ2v) is 9.85. The first-order valence-corrected chi connectivity index (χ1v) is 12.6. The SMILES string of the molecule is CC(=O)N[C@H]1[C@H](OC[C@H]2O[C@@H](O)[C@H](O[C@@H]3O[C@H](CO)[C@@H](O)[C@H](O)[C@H]3NC(C)=O)[C@@H](O)[C@H]2O)O[C@H](CO)[C@@H](O)[C@@H]1O. The predicted octanol–water partition coefficient (Wildman–Crippen LogP) is -7.29. The first-order chi connectivity index (χ1) is 18.8. The van der Waals surface area contributed by atoms with E-state index >= 15 is 0 Å². The van der Waals surface area contributed by atoms with Crippen molar-refractivity contribution >= 4 is 11.8 Å². The van der Waals surface area contributed by atoms with Crippen molar-refractivity contribution in [3.63, 3.8) is 0 Å². The minimum absolute atomic E-state index is 0.588. The van der Waals surface area contributed by atoms with Gasteiger partial charge in [0, 0.05) is 13.8 Å². The molecule has 3 heterocycles. The highest BCUT2D eigenvalue weighted by Gasteiger charge is 2.52. The molecule has 0 bridgehead atoms. The fourth-order valence-corrected chi connectivity index (χ4v) is 4.75. The van der Waals surface area contributed by atoms with E-state index in [4.69, 9.17) is 23.7 Å². The van der Waals surface area contributed by atoms with E-state index in [1.54, 1.807) is 0 Å². The molecule has 11 N–H and O–H groups in total. The molecule has 0 saturated carbocycles. The molecular weight excluding hydrogens is 548 g/mol. The lowest BCUT2D eigenvalue weighted by atomic mass is 9.95. The highest BCUT2D eigenvalue weighted by molar-refractivity contribution is 5.73. The van der Waals surface area contributed by atoms with Crippen LogP contribution in [0.1, 0.15) is 13.8 Å². The lowest BCUT2D eigenvalue weighted by Crippen LogP contribution is -2.67. The van der Waals surface area contributed by atoms with Gasteiger partial charge in [-0.25, -0.2) is 0 Å². The lowest BCUT2D eigenvalue weighted by molar-refractivity contribution is -0.353. The number of rotatable bonds is 9. The van der Waals surface area contributed by atoms with Gasteiger partial charge >= 0.3 is 0 Å². The summed E-state index contributed by atoms with van der Waals surface area (Å²) < 4.78 is 27.2. The van der Waals surface area contributed by atoms with E-state index in [9.17, 15) is 55.5 Å². The standard InChI is InChI=1S/C22H38N2O16/c1-6(27)23-11-16(32)13(29)8(3-25)38-21(11)36-5-10-15(31)18(34)19(20(35)37-10)40-22-12(24-7(2)28)17(33)14(30)9(4-26)39-22/h8-22,25-26,29-35H,3-5H2,1-2H3,(H,23,27)(H,24,28)/t8-,9-,10-,11-,12-,13-,14-,15+,16-,17-,18+,19-,20-,21-,22+/m1/s1. The summed E-state index contributed by atoms with van der Waals surface area (Å²) in [4.78, 5) is 23.2. The molecule has 232 valence electrons. The molecule has 18 heteroatoms. The topological polar surface area (TPSA) is 286 Å². The molecule has 0 aromatic carbocycles. The Bertz CT molecular complexity index is 852. The average Bonchev–Trinajstić information content (AvgIpc) is 2.90. The van der Waals surface area contributed by atoms with E-state index in [1.165, 1.54) is 0 Å². The second-order valence-electron chi connectivity index (χ2n) is 9.85. The molecule has 0 aliphatic carbocycles. The van der Waals surface area contributed by atoms with E-state index in [0.29, 0.717) is 0 Å². The van der Waals surface area contributed by atoms with Crippen molar-refractivity contribution in [3.8, 4) is 0 Å². The van der Waals surface area contributed by atoms with Crippen molar-refractivity contribution in [2.45, 2.75) is 106 Å². The van der Waals surface area contributed by atoms with Crippen LogP contribution in [-0.4, -0.2) is 170 Å². The smallest absolute Gasteiger partial charge is 0.217 e. The molecule has 2 amide bonds. The Hall–Kier alpha value is -1.62. The highest BCUT2D eigenvalue weighted by atomic mass is 16.7. The van der Waals surface area contributed by atoms with Gasteiger partial charge in [0.1, 0.15) is 73.1 Å². The number of aliphatic hydroxyl groups excluding tert-OH is 9. The van der Waals surface area contributed by atoms with E-state index < -0.39 is 124 Å². The first-order valence-electron chi connectivity index (χ1n) is 12.6. The fourth-order valence-electron chi connectivity index (χ4n) is 4.75.